The highest BCUT2D eigenvalue weighted by atomic mass is 16.5. The van der Waals surface area contributed by atoms with E-state index in [1.165, 1.54) is 49.7 Å². The molecule has 0 spiro atoms. The summed E-state index contributed by atoms with van der Waals surface area (Å²) in [6.45, 7) is 0. The Morgan fingerprint density at radius 2 is 1.69 bits per heavy atom. The Bertz CT molecular complexity index is 348. The Kier molecular flexibility index (Phi) is 4.03. The molecule has 1 aromatic carbocycles. The topological polar surface area (TPSA) is 9.23 Å². The molecule has 1 aliphatic carbocycles. The van der Waals surface area contributed by atoms with E-state index < -0.39 is 0 Å². The van der Waals surface area contributed by atoms with Crippen LogP contribution in [0.4, 0.5) is 0 Å². The lowest BCUT2D eigenvalue weighted by atomic mass is 9.95. The molecule has 0 fully saturated rings. The molecule has 2 rings (SSSR count). The molecule has 0 bridgehead atoms. The molecule has 0 radical (unpaired) electrons. The van der Waals surface area contributed by atoms with Crippen molar-refractivity contribution >= 4 is 5.57 Å². The molecule has 86 valence electrons. The summed E-state index contributed by atoms with van der Waals surface area (Å²) in [5.74, 6) is 0.940. The van der Waals surface area contributed by atoms with E-state index in [0.717, 1.165) is 5.75 Å². The maximum atomic E-state index is 5.18. The third kappa shape index (κ3) is 2.88. The van der Waals surface area contributed by atoms with E-state index >= 15 is 0 Å². The van der Waals surface area contributed by atoms with E-state index in [1.54, 1.807) is 7.11 Å². The van der Waals surface area contributed by atoms with Crippen LogP contribution in [0.1, 0.15) is 44.1 Å². The molecule has 0 aliphatic heterocycles. The predicted octanol–water partition coefficient (Wildman–Crippen LogP) is 4.43. The average Bonchev–Trinajstić information content (AvgIpc) is 2.29. The van der Waals surface area contributed by atoms with Gasteiger partial charge in [-0.15, -0.1) is 0 Å². The van der Waals surface area contributed by atoms with Crippen molar-refractivity contribution < 1.29 is 4.74 Å². The van der Waals surface area contributed by atoms with E-state index in [4.69, 9.17) is 4.74 Å². The minimum absolute atomic E-state index is 0.940. The van der Waals surface area contributed by atoms with Gasteiger partial charge in [-0.3, -0.25) is 0 Å². The summed E-state index contributed by atoms with van der Waals surface area (Å²) in [6, 6.07) is 8.45. The van der Waals surface area contributed by atoms with Crippen molar-refractivity contribution in [2.24, 2.45) is 0 Å². The van der Waals surface area contributed by atoms with Crippen molar-refractivity contribution in [2.75, 3.05) is 7.11 Å². The van der Waals surface area contributed by atoms with Gasteiger partial charge in [0.05, 0.1) is 7.11 Å². The number of hydrogen-bond acceptors (Lipinski definition) is 1. The number of ether oxygens (including phenoxy) is 1. The normalized spacial score (nSPS) is 17.2. The van der Waals surface area contributed by atoms with Crippen LogP contribution in [0.15, 0.2) is 30.3 Å². The first kappa shape index (κ1) is 11.3. The second-order valence-corrected chi connectivity index (χ2v) is 4.41. The molecule has 16 heavy (non-hydrogen) atoms. The van der Waals surface area contributed by atoms with Gasteiger partial charge in [-0.1, -0.05) is 31.1 Å². The van der Waals surface area contributed by atoms with E-state index in [9.17, 15) is 0 Å². The van der Waals surface area contributed by atoms with Gasteiger partial charge in [0.1, 0.15) is 5.75 Å². The fourth-order valence-corrected chi connectivity index (χ4v) is 2.26. The van der Waals surface area contributed by atoms with E-state index in [-0.39, 0.29) is 0 Å². The molecule has 0 aromatic heterocycles. The van der Waals surface area contributed by atoms with E-state index in [1.807, 2.05) is 0 Å². The van der Waals surface area contributed by atoms with Crippen LogP contribution in [0.25, 0.3) is 5.57 Å². The third-order valence-electron chi connectivity index (χ3n) is 3.25. The maximum absolute atomic E-state index is 5.18. The summed E-state index contributed by atoms with van der Waals surface area (Å²) in [5, 5.41) is 0. The van der Waals surface area contributed by atoms with Crippen LogP contribution in [0.5, 0.6) is 5.75 Å². The zero-order chi connectivity index (χ0) is 11.2. The molecule has 1 aromatic rings. The summed E-state index contributed by atoms with van der Waals surface area (Å²) >= 11 is 0. The Morgan fingerprint density at radius 3 is 2.44 bits per heavy atom. The molecule has 0 N–H and O–H groups in total. The van der Waals surface area contributed by atoms with Crippen molar-refractivity contribution in [3.8, 4) is 5.75 Å². The zero-order valence-corrected chi connectivity index (χ0v) is 10.0. The Labute approximate surface area is 98.1 Å². The van der Waals surface area contributed by atoms with Gasteiger partial charge in [0, 0.05) is 0 Å². The summed E-state index contributed by atoms with van der Waals surface area (Å²) < 4.78 is 5.18. The van der Waals surface area contributed by atoms with Crippen LogP contribution >= 0.6 is 0 Å². The SMILES string of the molecule is COc1ccc(C2=CCCCCCC2)cc1. The molecule has 0 saturated heterocycles. The Hall–Kier alpha value is -1.24. The van der Waals surface area contributed by atoms with Gasteiger partial charge in [-0.25, -0.2) is 0 Å². The first-order valence-corrected chi connectivity index (χ1v) is 6.23. The van der Waals surface area contributed by atoms with Gasteiger partial charge < -0.3 is 4.74 Å². The highest BCUT2D eigenvalue weighted by molar-refractivity contribution is 5.66. The monoisotopic (exact) mass is 216 g/mol. The molecule has 0 saturated carbocycles. The van der Waals surface area contributed by atoms with Gasteiger partial charge in [-0.05, 0) is 49.0 Å². The number of methoxy groups -OCH3 is 1. The summed E-state index contributed by atoms with van der Waals surface area (Å²) in [4.78, 5) is 0. The Balaban J connectivity index is 2.14. The molecule has 1 aliphatic rings. The minimum Gasteiger partial charge on any atom is -0.497 e. The number of allylic oxidation sites excluding steroid dienone is 2. The molecular formula is C15H20O. The molecule has 0 unspecified atom stereocenters. The lowest BCUT2D eigenvalue weighted by molar-refractivity contribution is 0.415. The number of rotatable bonds is 2. The third-order valence-corrected chi connectivity index (χ3v) is 3.25. The molecule has 1 heteroatoms. The fourth-order valence-electron chi connectivity index (χ4n) is 2.26. The van der Waals surface area contributed by atoms with Crippen LogP contribution in [-0.4, -0.2) is 7.11 Å². The van der Waals surface area contributed by atoms with Gasteiger partial charge in [0.15, 0.2) is 0 Å². The van der Waals surface area contributed by atoms with Crippen molar-refractivity contribution in [3.63, 3.8) is 0 Å². The van der Waals surface area contributed by atoms with Crippen LogP contribution in [0.2, 0.25) is 0 Å². The van der Waals surface area contributed by atoms with Crippen molar-refractivity contribution in [1.29, 1.82) is 0 Å². The van der Waals surface area contributed by atoms with E-state index in [2.05, 4.69) is 30.3 Å². The van der Waals surface area contributed by atoms with Crippen LogP contribution in [-0.2, 0) is 0 Å². The van der Waals surface area contributed by atoms with Crippen LogP contribution < -0.4 is 4.74 Å². The first-order valence-electron chi connectivity index (χ1n) is 6.23. The van der Waals surface area contributed by atoms with Crippen LogP contribution in [0.3, 0.4) is 0 Å². The lowest BCUT2D eigenvalue weighted by Crippen LogP contribution is -1.91. The zero-order valence-electron chi connectivity index (χ0n) is 10.0. The fraction of sp³-hybridized carbons (Fsp3) is 0.467. The molecule has 1 nitrogen and oxygen atoms in total. The smallest absolute Gasteiger partial charge is 0.118 e. The standard InChI is InChI=1S/C15H20O/c1-16-15-11-9-14(10-12-15)13-7-5-3-2-4-6-8-13/h7,9-12H,2-6,8H2,1H3. The first-order chi connectivity index (χ1) is 7.90. The average molecular weight is 216 g/mol. The van der Waals surface area contributed by atoms with E-state index in [0.29, 0.717) is 0 Å². The maximum Gasteiger partial charge on any atom is 0.118 e. The number of hydrogen-bond donors (Lipinski definition) is 0. The summed E-state index contributed by atoms with van der Waals surface area (Å²) in [6.07, 6.45) is 10.3. The highest BCUT2D eigenvalue weighted by Crippen LogP contribution is 2.26. The van der Waals surface area contributed by atoms with Gasteiger partial charge >= 0.3 is 0 Å². The number of benzene rings is 1. The largest absolute Gasteiger partial charge is 0.497 e. The molecule has 0 atom stereocenters. The van der Waals surface area contributed by atoms with Crippen molar-refractivity contribution in [1.82, 2.24) is 0 Å². The van der Waals surface area contributed by atoms with Crippen molar-refractivity contribution in [3.05, 3.63) is 35.9 Å². The lowest BCUT2D eigenvalue weighted by Gasteiger charge is -2.12. The second-order valence-electron chi connectivity index (χ2n) is 4.41. The minimum atomic E-state index is 0.940. The highest BCUT2D eigenvalue weighted by Gasteiger charge is 2.04. The molecular weight excluding hydrogens is 196 g/mol. The predicted molar refractivity (Wildman–Crippen MR) is 68.7 cm³/mol. The van der Waals surface area contributed by atoms with Crippen molar-refractivity contribution in [2.45, 2.75) is 38.5 Å². The molecule has 0 heterocycles. The second kappa shape index (κ2) is 5.74. The Morgan fingerprint density at radius 1 is 0.938 bits per heavy atom. The van der Waals surface area contributed by atoms with Gasteiger partial charge in [0.2, 0.25) is 0 Å². The van der Waals surface area contributed by atoms with Gasteiger partial charge in [-0.2, -0.15) is 0 Å². The van der Waals surface area contributed by atoms with Crippen LogP contribution in [0, 0.1) is 0 Å². The summed E-state index contributed by atoms with van der Waals surface area (Å²) in [7, 11) is 1.71. The molecule has 0 amide bonds. The quantitative estimate of drug-likeness (QED) is 0.710. The summed E-state index contributed by atoms with van der Waals surface area (Å²) in [5.41, 5.74) is 2.88. The van der Waals surface area contributed by atoms with Gasteiger partial charge in [0.25, 0.3) is 0 Å².